The minimum absolute atomic E-state index is 0.0789. The van der Waals surface area contributed by atoms with Crippen LogP contribution in [-0.2, 0) is 6.42 Å². The molecule has 0 saturated carbocycles. The normalized spacial score (nSPS) is 13.1. The number of aryl methyl sites for hydroxylation is 3. The van der Waals surface area contributed by atoms with Crippen LogP contribution in [-0.4, -0.2) is 37.6 Å². The SMILES string of the molecule is Cc1cc(C)c(CCN(C)CC(N)CN)c(C)c1. The van der Waals surface area contributed by atoms with Crippen LogP contribution in [0.5, 0.6) is 0 Å². The molecule has 1 aromatic rings. The van der Waals surface area contributed by atoms with Crippen LogP contribution in [0.15, 0.2) is 12.1 Å². The first kappa shape index (κ1) is 15.2. The fourth-order valence-electron chi connectivity index (χ4n) is 2.47. The first-order chi connectivity index (χ1) is 8.43. The summed E-state index contributed by atoms with van der Waals surface area (Å²) in [6, 6.07) is 4.59. The summed E-state index contributed by atoms with van der Waals surface area (Å²) in [7, 11) is 2.11. The molecule has 0 saturated heterocycles. The van der Waals surface area contributed by atoms with Crippen LogP contribution in [0.3, 0.4) is 0 Å². The van der Waals surface area contributed by atoms with Gasteiger partial charge in [-0.05, 0) is 50.9 Å². The monoisotopic (exact) mass is 249 g/mol. The van der Waals surface area contributed by atoms with Gasteiger partial charge in [-0.3, -0.25) is 0 Å². The summed E-state index contributed by atoms with van der Waals surface area (Å²) in [5, 5.41) is 0. The molecule has 1 aromatic carbocycles. The molecule has 102 valence electrons. The molecule has 0 heterocycles. The van der Waals surface area contributed by atoms with E-state index in [4.69, 9.17) is 11.5 Å². The smallest absolute Gasteiger partial charge is 0.0292 e. The molecule has 0 amide bonds. The Kier molecular flexibility index (Phi) is 5.79. The zero-order valence-corrected chi connectivity index (χ0v) is 12.2. The van der Waals surface area contributed by atoms with Crippen molar-refractivity contribution < 1.29 is 0 Å². The second-order valence-corrected chi connectivity index (χ2v) is 5.39. The van der Waals surface area contributed by atoms with Crippen LogP contribution in [0.1, 0.15) is 22.3 Å². The third kappa shape index (κ3) is 4.41. The van der Waals surface area contributed by atoms with Crippen molar-refractivity contribution in [3.05, 3.63) is 34.4 Å². The highest BCUT2D eigenvalue weighted by Crippen LogP contribution is 2.17. The molecule has 3 heteroatoms. The van der Waals surface area contributed by atoms with Gasteiger partial charge in [-0.1, -0.05) is 17.7 Å². The van der Waals surface area contributed by atoms with Crippen molar-refractivity contribution in [2.45, 2.75) is 33.2 Å². The van der Waals surface area contributed by atoms with E-state index in [2.05, 4.69) is 44.9 Å². The zero-order valence-electron chi connectivity index (χ0n) is 12.2. The Labute approximate surface area is 111 Å². The van der Waals surface area contributed by atoms with Gasteiger partial charge in [-0.15, -0.1) is 0 Å². The van der Waals surface area contributed by atoms with E-state index < -0.39 is 0 Å². The van der Waals surface area contributed by atoms with E-state index in [1.807, 2.05) is 0 Å². The van der Waals surface area contributed by atoms with Gasteiger partial charge < -0.3 is 16.4 Å². The summed E-state index contributed by atoms with van der Waals surface area (Å²) in [5.41, 5.74) is 17.0. The van der Waals surface area contributed by atoms with Gasteiger partial charge in [0.25, 0.3) is 0 Å². The molecule has 1 unspecified atom stereocenters. The number of hydrogen-bond acceptors (Lipinski definition) is 3. The van der Waals surface area contributed by atoms with Gasteiger partial charge in [0.15, 0.2) is 0 Å². The van der Waals surface area contributed by atoms with E-state index in [-0.39, 0.29) is 6.04 Å². The summed E-state index contributed by atoms with van der Waals surface area (Å²) in [6.45, 7) is 8.98. The lowest BCUT2D eigenvalue weighted by Crippen LogP contribution is -2.41. The number of hydrogen-bond donors (Lipinski definition) is 2. The number of nitrogens with zero attached hydrogens (tertiary/aromatic N) is 1. The Morgan fingerprint density at radius 3 is 2.22 bits per heavy atom. The highest BCUT2D eigenvalue weighted by molar-refractivity contribution is 5.37. The first-order valence-electron chi connectivity index (χ1n) is 6.65. The van der Waals surface area contributed by atoms with Crippen LogP contribution in [0.2, 0.25) is 0 Å². The Morgan fingerprint density at radius 2 is 1.72 bits per heavy atom. The number of rotatable bonds is 6. The van der Waals surface area contributed by atoms with Crippen molar-refractivity contribution in [1.82, 2.24) is 4.90 Å². The van der Waals surface area contributed by atoms with Crippen molar-refractivity contribution in [1.29, 1.82) is 0 Å². The van der Waals surface area contributed by atoms with Crippen LogP contribution >= 0.6 is 0 Å². The molecular formula is C15H27N3. The highest BCUT2D eigenvalue weighted by Gasteiger charge is 2.08. The lowest BCUT2D eigenvalue weighted by atomic mass is 9.97. The second-order valence-electron chi connectivity index (χ2n) is 5.39. The van der Waals surface area contributed by atoms with E-state index in [0.29, 0.717) is 6.54 Å². The van der Waals surface area contributed by atoms with E-state index in [0.717, 1.165) is 19.5 Å². The van der Waals surface area contributed by atoms with Gasteiger partial charge >= 0.3 is 0 Å². The lowest BCUT2D eigenvalue weighted by molar-refractivity contribution is 0.316. The quantitative estimate of drug-likeness (QED) is 0.800. The summed E-state index contributed by atoms with van der Waals surface area (Å²) < 4.78 is 0. The number of benzene rings is 1. The average Bonchev–Trinajstić information content (AvgIpc) is 2.27. The summed E-state index contributed by atoms with van der Waals surface area (Å²) in [5.74, 6) is 0. The van der Waals surface area contributed by atoms with Crippen molar-refractivity contribution in [2.75, 3.05) is 26.7 Å². The molecule has 0 aliphatic rings. The van der Waals surface area contributed by atoms with Crippen molar-refractivity contribution >= 4 is 0 Å². The van der Waals surface area contributed by atoms with E-state index in [1.165, 1.54) is 22.3 Å². The minimum Gasteiger partial charge on any atom is -0.329 e. The molecule has 18 heavy (non-hydrogen) atoms. The fraction of sp³-hybridized carbons (Fsp3) is 0.600. The molecule has 0 aliphatic heterocycles. The first-order valence-corrected chi connectivity index (χ1v) is 6.65. The summed E-state index contributed by atoms with van der Waals surface area (Å²) >= 11 is 0. The summed E-state index contributed by atoms with van der Waals surface area (Å²) in [4.78, 5) is 2.26. The van der Waals surface area contributed by atoms with Gasteiger partial charge in [0.1, 0.15) is 0 Å². The van der Waals surface area contributed by atoms with Gasteiger partial charge in [0, 0.05) is 25.7 Å². The largest absolute Gasteiger partial charge is 0.329 e. The van der Waals surface area contributed by atoms with Crippen LogP contribution in [0, 0.1) is 20.8 Å². The molecule has 0 aliphatic carbocycles. The highest BCUT2D eigenvalue weighted by atomic mass is 15.1. The maximum absolute atomic E-state index is 5.86. The van der Waals surface area contributed by atoms with Crippen molar-refractivity contribution in [3.63, 3.8) is 0 Å². The molecule has 0 spiro atoms. The molecule has 1 rings (SSSR count). The van der Waals surface area contributed by atoms with Crippen LogP contribution < -0.4 is 11.5 Å². The predicted octanol–water partition coefficient (Wildman–Crippen LogP) is 1.37. The lowest BCUT2D eigenvalue weighted by Gasteiger charge is -2.21. The Hall–Kier alpha value is -0.900. The maximum atomic E-state index is 5.86. The fourth-order valence-corrected chi connectivity index (χ4v) is 2.47. The Bertz CT molecular complexity index is 364. The summed E-state index contributed by atoms with van der Waals surface area (Å²) in [6.07, 6.45) is 1.08. The average molecular weight is 249 g/mol. The van der Waals surface area contributed by atoms with Gasteiger partial charge in [0.05, 0.1) is 0 Å². The molecule has 4 N–H and O–H groups in total. The maximum Gasteiger partial charge on any atom is 0.0292 e. The van der Waals surface area contributed by atoms with E-state index in [9.17, 15) is 0 Å². The zero-order chi connectivity index (χ0) is 13.7. The van der Waals surface area contributed by atoms with Crippen LogP contribution in [0.25, 0.3) is 0 Å². The molecule has 1 atom stereocenters. The van der Waals surface area contributed by atoms with E-state index in [1.54, 1.807) is 0 Å². The molecule has 0 bridgehead atoms. The third-order valence-corrected chi connectivity index (χ3v) is 3.43. The van der Waals surface area contributed by atoms with Gasteiger partial charge in [-0.25, -0.2) is 0 Å². The Balaban J connectivity index is 2.58. The second kappa shape index (κ2) is 6.88. The third-order valence-electron chi connectivity index (χ3n) is 3.43. The molecule has 3 nitrogen and oxygen atoms in total. The number of nitrogens with two attached hydrogens (primary N) is 2. The standard InChI is InChI=1S/C15H27N3/c1-11-7-12(2)15(13(3)8-11)5-6-18(4)10-14(17)9-16/h7-8,14H,5-6,9-10,16-17H2,1-4H3. The minimum atomic E-state index is 0.0789. The topological polar surface area (TPSA) is 55.3 Å². The molecular weight excluding hydrogens is 222 g/mol. The van der Waals surface area contributed by atoms with Gasteiger partial charge in [0.2, 0.25) is 0 Å². The predicted molar refractivity (Wildman–Crippen MR) is 78.9 cm³/mol. The van der Waals surface area contributed by atoms with Gasteiger partial charge in [-0.2, -0.15) is 0 Å². The molecule has 0 fully saturated rings. The molecule has 0 radical (unpaired) electrons. The van der Waals surface area contributed by atoms with Crippen LogP contribution in [0.4, 0.5) is 0 Å². The Morgan fingerprint density at radius 1 is 1.17 bits per heavy atom. The van der Waals surface area contributed by atoms with Crippen molar-refractivity contribution in [2.24, 2.45) is 11.5 Å². The number of likely N-dealkylation sites (N-methyl/N-ethyl adjacent to an activating group) is 1. The van der Waals surface area contributed by atoms with Crippen molar-refractivity contribution in [3.8, 4) is 0 Å². The van der Waals surface area contributed by atoms with E-state index >= 15 is 0 Å². The molecule has 0 aromatic heterocycles.